The normalized spacial score (nSPS) is 14.4. The molecule has 24 heavy (non-hydrogen) atoms. The minimum atomic E-state index is 0.0562. The molecule has 128 valence electrons. The average Bonchev–Trinajstić information content (AvgIpc) is 2.97. The van der Waals surface area contributed by atoms with Crippen molar-refractivity contribution in [3.8, 4) is 0 Å². The number of thioether (sulfide) groups is 1. The predicted octanol–water partition coefficient (Wildman–Crippen LogP) is 3.78. The molecule has 0 unspecified atom stereocenters. The minimum absolute atomic E-state index is 0.0562. The predicted molar refractivity (Wildman–Crippen MR) is 103 cm³/mol. The van der Waals surface area contributed by atoms with Gasteiger partial charge in [-0.25, -0.2) is 4.98 Å². The smallest absolute Gasteiger partial charge is 0.236 e. The van der Waals surface area contributed by atoms with E-state index in [0.29, 0.717) is 5.75 Å². The zero-order chi connectivity index (χ0) is 16.8. The summed E-state index contributed by atoms with van der Waals surface area (Å²) in [5.41, 5.74) is 2.49. The van der Waals surface area contributed by atoms with Crippen LogP contribution in [0.2, 0.25) is 0 Å². The van der Waals surface area contributed by atoms with Crippen LogP contribution >= 0.6 is 23.1 Å². The molecule has 3 rings (SSSR count). The lowest BCUT2D eigenvalue weighted by Crippen LogP contribution is -2.29. The van der Waals surface area contributed by atoms with Gasteiger partial charge in [-0.05, 0) is 17.7 Å². The summed E-state index contributed by atoms with van der Waals surface area (Å²) in [4.78, 5) is 20.3. The summed E-state index contributed by atoms with van der Waals surface area (Å²) in [7, 11) is 0. The molecular formula is C18H23N3OS2. The molecule has 1 aromatic carbocycles. The second-order valence-electron chi connectivity index (χ2n) is 5.94. The third-order valence-corrected chi connectivity index (χ3v) is 6.05. The summed E-state index contributed by atoms with van der Waals surface area (Å²) in [6.07, 6.45) is 2.06. The Morgan fingerprint density at radius 2 is 2.21 bits per heavy atom. The van der Waals surface area contributed by atoms with Gasteiger partial charge in [0.25, 0.3) is 0 Å². The molecule has 0 spiro atoms. The Balaban J connectivity index is 1.55. The summed E-state index contributed by atoms with van der Waals surface area (Å²) in [6.45, 7) is 5.03. The molecule has 0 fully saturated rings. The van der Waals surface area contributed by atoms with E-state index in [9.17, 15) is 4.79 Å². The van der Waals surface area contributed by atoms with Gasteiger partial charge < -0.3 is 5.32 Å². The van der Waals surface area contributed by atoms with Gasteiger partial charge in [-0.3, -0.25) is 9.69 Å². The van der Waals surface area contributed by atoms with Gasteiger partial charge in [-0.15, -0.1) is 11.3 Å². The number of rotatable bonds is 7. The van der Waals surface area contributed by atoms with E-state index in [0.717, 1.165) is 49.1 Å². The number of hydrogen-bond donors (Lipinski definition) is 1. The minimum Gasteiger partial charge on any atom is -0.301 e. The second kappa shape index (κ2) is 8.65. The number of fused-ring (bicyclic) bond motifs is 1. The molecule has 6 heteroatoms. The van der Waals surface area contributed by atoms with Gasteiger partial charge in [0.2, 0.25) is 5.91 Å². The zero-order valence-electron chi connectivity index (χ0n) is 14.0. The highest BCUT2D eigenvalue weighted by atomic mass is 32.2. The number of nitrogens with zero attached hydrogens (tertiary/aromatic N) is 2. The van der Waals surface area contributed by atoms with E-state index >= 15 is 0 Å². The lowest BCUT2D eigenvalue weighted by atomic mass is 10.1. The Bertz CT molecular complexity index is 672. The van der Waals surface area contributed by atoms with Crippen molar-refractivity contribution in [1.82, 2.24) is 9.88 Å². The van der Waals surface area contributed by atoms with Crippen LogP contribution in [0, 0.1) is 0 Å². The highest BCUT2D eigenvalue weighted by molar-refractivity contribution is 7.99. The van der Waals surface area contributed by atoms with Crippen molar-refractivity contribution in [3.05, 3.63) is 46.5 Å². The van der Waals surface area contributed by atoms with Crippen molar-refractivity contribution >= 4 is 34.1 Å². The van der Waals surface area contributed by atoms with Crippen molar-refractivity contribution in [1.29, 1.82) is 0 Å². The highest BCUT2D eigenvalue weighted by Gasteiger charge is 2.21. The van der Waals surface area contributed by atoms with Crippen LogP contribution in [0.15, 0.2) is 30.3 Å². The molecule has 4 nitrogen and oxygen atoms in total. The van der Waals surface area contributed by atoms with Crippen LogP contribution in [0.4, 0.5) is 5.13 Å². The van der Waals surface area contributed by atoms with E-state index in [4.69, 9.17) is 0 Å². The number of carbonyl (C=O) groups is 1. The quantitative estimate of drug-likeness (QED) is 0.762. The highest BCUT2D eigenvalue weighted by Crippen LogP contribution is 2.29. The Kier molecular flexibility index (Phi) is 6.29. The van der Waals surface area contributed by atoms with Crippen LogP contribution in [0.3, 0.4) is 0 Å². The largest absolute Gasteiger partial charge is 0.301 e. The molecule has 2 aromatic rings. The van der Waals surface area contributed by atoms with Crippen molar-refractivity contribution in [3.63, 3.8) is 0 Å². The molecule has 1 aliphatic heterocycles. The summed E-state index contributed by atoms with van der Waals surface area (Å²) < 4.78 is 0. The number of carbonyl (C=O) groups excluding carboxylic acids is 1. The topological polar surface area (TPSA) is 45.2 Å². The third-order valence-electron chi connectivity index (χ3n) is 3.89. The molecule has 0 atom stereocenters. The molecule has 2 heterocycles. The van der Waals surface area contributed by atoms with Crippen LogP contribution in [-0.4, -0.2) is 33.8 Å². The van der Waals surface area contributed by atoms with Crippen LogP contribution in [-0.2, 0) is 24.3 Å². The first kappa shape index (κ1) is 17.5. The Morgan fingerprint density at radius 3 is 3.00 bits per heavy atom. The average molecular weight is 362 g/mol. The molecule has 1 N–H and O–H groups in total. The lowest BCUT2D eigenvalue weighted by molar-refractivity contribution is -0.113. The maximum atomic E-state index is 11.9. The molecule has 0 saturated carbocycles. The summed E-state index contributed by atoms with van der Waals surface area (Å²) in [5, 5.41) is 3.71. The third kappa shape index (κ3) is 4.82. The Hall–Kier alpha value is -1.37. The number of aromatic nitrogens is 1. The standard InChI is InChI=1S/C18H23N3OS2/c1-2-10-23-13-17(22)20-18-19-15-8-9-21(12-16(15)24-18)11-14-6-4-3-5-7-14/h3-7H,2,8-13H2,1H3,(H,19,20,22). The van der Waals surface area contributed by atoms with E-state index in [1.807, 2.05) is 0 Å². The van der Waals surface area contributed by atoms with Gasteiger partial charge in [0, 0.05) is 30.9 Å². The molecule has 1 aliphatic rings. The fourth-order valence-electron chi connectivity index (χ4n) is 2.74. The Labute approximate surface area is 151 Å². The number of amides is 1. The van der Waals surface area contributed by atoms with Crippen LogP contribution in [0.5, 0.6) is 0 Å². The Morgan fingerprint density at radius 1 is 1.38 bits per heavy atom. The first-order valence-corrected chi connectivity index (χ1v) is 10.3. The molecule has 0 saturated heterocycles. The fraction of sp³-hybridized carbons (Fsp3) is 0.444. The summed E-state index contributed by atoms with van der Waals surface area (Å²) in [5.74, 6) is 1.59. The van der Waals surface area contributed by atoms with E-state index in [1.54, 1.807) is 23.1 Å². The maximum absolute atomic E-state index is 11.9. The van der Waals surface area contributed by atoms with Gasteiger partial charge in [0.05, 0.1) is 11.4 Å². The second-order valence-corrected chi connectivity index (χ2v) is 8.12. The van der Waals surface area contributed by atoms with Crippen LogP contribution in [0.25, 0.3) is 0 Å². The van der Waals surface area contributed by atoms with E-state index in [1.165, 1.54) is 10.4 Å². The maximum Gasteiger partial charge on any atom is 0.236 e. The number of hydrogen-bond acceptors (Lipinski definition) is 5. The molecule has 1 amide bonds. The van der Waals surface area contributed by atoms with Crippen molar-refractivity contribution in [2.45, 2.75) is 32.9 Å². The SMILES string of the molecule is CCCSCC(=O)Nc1nc2c(s1)CN(Cc1ccccc1)CC2. The van der Waals surface area contributed by atoms with Gasteiger partial charge in [0.1, 0.15) is 0 Å². The molecule has 0 radical (unpaired) electrons. The lowest BCUT2D eigenvalue weighted by Gasteiger charge is -2.25. The molecular weight excluding hydrogens is 338 g/mol. The van der Waals surface area contributed by atoms with E-state index < -0.39 is 0 Å². The van der Waals surface area contributed by atoms with Gasteiger partial charge in [0.15, 0.2) is 5.13 Å². The van der Waals surface area contributed by atoms with Crippen molar-refractivity contribution in [2.75, 3.05) is 23.4 Å². The van der Waals surface area contributed by atoms with Crippen molar-refractivity contribution in [2.24, 2.45) is 0 Å². The number of benzene rings is 1. The first-order valence-electron chi connectivity index (χ1n) is 8.37. The number of thiazole rings is 1. The van der Waals surface area contributed by atoms with Crippen LogP contribution < -0.4 is 5.32 Å². The molecule has 0 bridgehead atoms. The fourth-order valence-corrected chi connectivity index (χ4v) is 4.50. The van der Waals surface area contributed by atoms with Crippen LogP contribution in [0.1, 0.15) is 29.5 Å². The molecule has 1 aromatic heterocycles. The zero-order valence-corrected chi connectivity index (χ0v) is 15.6. The van der Waals surface area contributed by atoms with E-state index in [2.05, 4.69) is 52.5 Å². The van der Waals surface area contributed by atoms with Gasteiger partial charge in [-0.2, -0.15) is 11.8 Å². The van der Waals surface area contributed by atoms with Gasteiger partial charge >= 0.3 is 0 Å². The number of anilines is 1. The summed E-state index contributed by atoms with van der Waals surface area (Å²) >= 11 is 3.30. The monoisotopic (exact) mass is 361 g/mol. The van der Waals surface area contributed by atoms with E-state index in [-0.39, 0.29) is 5.91 Å². The number of nitrogens with one attached hydrogen (secondary N) is 1. The summed E-state index contributed by atoms with van der Waals surface area (Å²) in [6, 6.07) is 10.6. The van der Waals surface area contributed by atoms with Crippen molar-refractivity contribution < 1.29 is 4.79 Å². The molecule has 0 aliphatic carbocycles. The van der Waals surface area contributed by atoms with Gasteiger partial charge in [-0.1, -0.05) is 37.3 Å². The first-order chi connectivity index (χ1) is 11.7.